The predicted molar refractivity (Wildman–Crippen MR) is 151 cm³/mol. The van der Waals surface area contributed by atoms with E-state index in [1.807, 2.05) is 60.7 Å². The van der Waals surface area contributed by atoms with Crippen LogP contribution in [-0.4, -0.2) is 50.0 Å². The van der Waals surface area contributed by atoms with Crippen molar-refractivity contribution < 1.29 is 14.6 Å². The van der Waals surface area contributed by atoms with Gasteiger partial charge >= 0.3 is 0 Å². The molecule has 3 heterocycles. The Hall–Kier alpha value is -4.31. The molecule has 0 saturated carbocycles. The van der Waals surface area contributed by atoms with Crippen molar-refractivity contribution in [2.75, 3.05) is 7.11 Å². The molecule has 204 valence electrons. The SMILES string of the molecule is COc1ccc(CC(c2ccccc2)(c2ccccc2)C(N)[C@H]2O[C@@H](n3cnc4c(=O)[nH]cnc43)CC2O)cc1. The Labute approximate surface area is 231 Å². The van der Waals surface area contributed by atoms with Crippen LogP contribution in [0.3, 0.4) is 0 Å². The van der Waals surface area contributed by atoms with Crippen molar-refractivity contribution in [1.29, 1.82) is 0 Å². The molecule has 5 aromatic rings. The second-order valence-corrected chi connectivity index (χ2v) is 10.2. The molecule has 4 atom stereocenters. The van der Waals surface area contributed by atoms with Gasteiger partial charge in [0.15, 0.2) is 11.2 Å². The molecule has 0 bridgehead atoms. The number of aromatic amines is 1. The van der Waals surface area contributed by atoms with Crippen molar-refractivity contribution in [1.82, 2.24) is 19.5 Å². The fourth-order valence-corrected chi connectivity index (χ4v) is 5.94. The van der Waals surface area contributed by atoms with Gasteiger partial charge in [0, 0.05) is 17.9 Å². The first-order valence-electron chi connectivity index (χ1n) is 13.2. The first-order chi connectivity index (χ1) is 19.5. The first kappa shape index (κ1) is 25.9. The third-order valence-corrected chi connectivity index (χ3v) is 7.95. The zero-order valence-electron chi connectivity index (χ0n) is 22.1. The van der Waals surface area contributed by atoms with Crippen molar-refractivity contribution in [2.45, 2.75) is 42.7 Å². The van der Waals surface area contributed by atoms with Gasteiger partial charge in [0.05, 0.1) is 25.9 Å². The molecule has 0 aliphatic carbocycles. The summed E-state index contributed by atoms with van der Waals surface area (Å²) in [5, 5.41) is 11.4. The molecule has 2 aromatic heterocycles. The topological polar surface area (TPSA) is 128 Å². The van der Waals surface area contributed by atoms with Crippen molar-refractivity contribution in [3.63, 3.8) is 0 Å². The number of nitrogens with two attached hydrogens (primary N) is 1. The molecule has 1 aliphatic heterocycles. The van der Waals surface area contributed by atoms with Crippen molar-refractivity contribution in [3.8, 4) is 5.75 Å². The van der Waals surface area contributed by atoms with E-state index in [1.165, 1.54) is 12.7 Å². The third-order valence-electron chi connectivity index (χ3n) is 7.95. The molecule has 0 spiro atoms. The number of H-pyrrole nitrogens is 1. The van der Waals surface area contributed by atoms with Crippen LogP contribution in [0.2, 0.25) is 0 Å². The average molecular weight is 538 g/mol. The van der Waals surface area contributed by atoms with Crippen LogP contribution in [0.1, 0.15) is 29.3 Å². The molecule has 1 saturated heterocycles. The van der Waals surface area contributed by atoms with E-state index in [9.17, 15) is 9.90 Å². The fraction of sp³-hybridized carbons (Fsp3) is 0.258. The van der Waals surface area contributed by atoms with Gasteiger partial charge < -0.3 is 25.3 Å². The Morgan fingerprint density at radius 1 is 1.05 bits per heavy atom. The van der Waals surface area contributed by atoms with Gasteiger partial charge in [-0.05, 0) is 35.2 Å². The summed E-state index contributed by atoms with van der Waals surface area (Å²) in [6.45, 7) is 0. The summed E-state index contributed by atoms with van der Waals surface area (Å²) in [6.07, 6.45) is 1.54. The molecular weight excluding hydrogens is 506 g/mol. The Kier molecular flexibility index (Phi) is 6.93. The molecule has 9 nitrogen and oxygen atoms in total. The van der Waals surface area contributed by atoms with Gasteiger partial charge in [0.25, 0.3) is 5.56 Å². The predicted octanol–water partition coefficient (Wildman–Crippen LogP) is 3.33. The van der Waals surface area contributed by atoms with Crippen LogP contribution in [0.25, 0.3) is 11.2 Å². The maximum atomic E-state index is 12.2. The van der Waals surface area contributed by atoms with Gasteiger partial charge in [-0.3, -0.25) is 9.36 Å². The summed E-state index contributed by atoms with van der Waals surface area (Å²) in [4.78, 5) is 23.3. The van der Waals surface area contributed by atoms with E-state index in [1.54, 1.807) is 11.7 Å². The second kappa shape index (κ2) is 10.7. The smallest absolute Gasteiger partial charge is 0.278 e. The largest absolute Gasteiger partial charge is 0.497 e. The molecule has 1 fully saturated rings. The lowest BCUT2D eigenvalue weighted by atomic mass is 9.64. The summed E-state index contributed by atoms with van der Waals surface area (Å²) in [5.74, 6) is 0.774. The number of benzene rings is 3. The standard InChI is InChI=1S/C31H31N5O4/c1-39-23-14-12-20(13-15-23)17-31(21-8-4-2-5-9-21,22-10-6-3-7-11-22)28(32)27-24(37)16-25(40-27)36-19-35-26-29(36)33-18-34-30(26)38/h2-15,18-19,24-25,27-28,37H,16-17,32H2,1H3,(H,33,34,38)/t24?,25-,27+,28?/m1/s1. The third kappa shape index (κ3) is 4.48. The summed E-state index contributed by atoms with van der Waals surface area (Å²) in [5.41, 5.74) is 9.90. The van der Waals surface area contributed by atoms with E-state index in [0.717, 1.165) is 22.4 Å². The zero-order valence-corrected chi connectivity index (χ0v) is 22.1. The maximum absolute atomic E-state index is 12.2. The van der Waals surface area contributed by atoms with Gasteiger partial charge in [0.2, 0.25) is 0 Å². The summed E-state index contributed by atoms with van der Waals surface area (Å²) in [7, 11) is 1.65. The molecule has 3 aromatic carbocycles. The van der Waals surface area contributed by atoms with Gasteiger partial charge in [-0.15, -0.1) is 0 Å². The monoisotopic (exact) mass is 537 g/mol. The van der Waals surface area contributed by atoms with Crippen molar-refractivity contribution in [3.05, 3.63) is 125 Å². The van der Waals surface area contributed by atoms with E-state index >= 15 is 0 Å². The highest BCUT2D eigenvalue weighted by molar-refractivity contribution is 5.68. The van der Waals surface area contributed by atoms with E-state index in [0.29, 0.717) is 12.1 Å². The molecule has 40 heavy (non-hydrogen) atoms. The van der Waals surface area contributed by atoms with E-state index in [-0.39, 0.29) is 17.5 Å². The molecule has 4 N–H and O–H groups in total. The Morgan fingerprint density at radius 3 is 2.33 bits per heavy atom. The first-order valence-corrected chi connectivity index (χ1v) is 13.2. The van der Waals surface area contributed by atoms with Gasteiger partial charge in [0.1, 0.15) is 18.1 Å². The number of hydrogen-bond donors (Lipinski definition) is 3. The fourth-order valence-electron chi connectivity index (χ4n) is 5.94. The summed E-state index contributed by atoms with van der Waals surface area (Å²) >= 11 is 0. The average Bonchev–Trinajstić information content (AvgIpc) is 3.61. The second-order valence-electron chi connectivity index (χ2n) is 10.2. The minimum Gasteiger partial charge on any atom is -0.497 e. The minimum absolute atomic E-state index is 0.218. The van der Waals surface area contributed by atoms with E-state index < -0.39 is 29.9 Å². The number of nitrogens with one attached hydrogen (secondary N) is 1. The Morgan fingerprint density at radius 2 is 1.70 bits per heavy atom. The number of fused-ring (bicyclic) bond motifs is 1. The normalized spacial score (nSPS) is 20.0. The maximum Gasteiger partial charge on any atom is 0.278 e. The number of ether oxygens (including phenoxy) is 2. The quantitative estimate of drug-likeness (QED) is 0.277. The lowest BCUT2D eigenvalue weighted by Gasteiger charge is -2.43. The van der Waals surface area contributed by atoms with Crippen LogP contribution in [-0.2, 0) is 16.6 Å². The van der Waals surface area contributed by atoms with Gasteiger partial charge in [-0.2, -0.15) is 0 Å². The van der Waals surface area contributed by atoms with E-state index in [4.69, 9.17) is 15.2 Å². The molecule has 9 heteroatoms. The van der Waals surface area contributed by atoms with Crippen LogP contribution in [0.15, 0.2) is 102 Å². The van der Waals surface area contributed by atoms with Crippen molar-refractivity contribution >= 4 is 11.2 Å². The van der Waals surface area contributed by atoms with Crippen LogP contribution >= 0.6 is 0 Å². The van der Waals surface area contributed by atoms with Crippen LogP contribution < -0.4 is 16.0 Å². The molecule has 6 rings (SSSR count). The number of aliphatic hydroxyl groups excluding tert-OH is 1. The van der Waals surface area contributed by atoms with Crippen LogP contribution in [0.5, 0.6) is 5.75 Å². The number of aromatic nitrogens is 4. The zero-order chi connectivity index (χ0) is 27.7. The number of hydrogen-bond acceptors (Lipinski definition) is 7. The Bertz CT molecular complexity index is 1600. The van der Waals surface area contributed by atoms with Crippen LogP contribution in [0.4, 0.5) is 0 Å². The summed E-state index contributed by atoms with van der Waals surface area (Å²) < 4.78 is 13.6. The molecule has 0 amide bonds. The minimum atomic E-state index is -0.859. The number of imidazole rings is 1. The molecular formula is C31H31N5O4. The van der Waals surface area contributed by atoms with E-state index in [2.05, 4.69) is 39.2 Å². The highest BCUT2D eigenvalue weighted by atomic mass is 16.5. The molecule has 0 radical (unpaired) electrons. The molecule has 2 unspecified atom stereocenters. The lowest BCUT2D eigenvalue weighted by molar-refractivity contribution is -0.0404. The highest BCUT2D eigenvalue weighted by Crippen LogP contribution is 2.44. The number of methoxy groups -OCH3 is 1. The number of aliphatic hydroxyl groups is 1. The Balaban J connectivity index is 1.44. The number of nitrogens with zero attached hydrogens (tertiary/aromatic N) is 3. The van der Waals surface area contributed by atoms with Crippen LogP contribution in [0, 0.1) is 0 Å². The summed E-state index contributed by atoms with van der Waals surface area (Å²) in [6, 6.07) is 27.6. The molecule has 1 aliphatic rings. The van der Waals surface area contributed by atoms with Crippen molar-refractivity contribution in [2.24, 2.45) is 5.73 Å². The highest BCUT2D eigenvalue weighted by Gasteiger charge is 2.50. The lowest BCUT2D eigenvalue weighted by Crippen LogP contribution is -2.57. The van der Waals surface area contributed by atoms with Gasteiger partial charge in [-0.25, -0.2) is 9.97 Å². The number of rotatable bonds is 8. The van der Waals surface area contributed by atoms with Gasteiger partial charge in [-0.1, -0.05) is 72.8 Å².